The van der Waals surface area contributed by atoms with Crippen LogP contribution in [0.1, 0.15) is 37.3 Å². The zero-order chi connectivity index (χ0) is 30.8. The largest absolute Gasteiger partial charge is 0.309 e. The first kappa shape index (κ1) is 27.3. The molecule has 0 spiro atoms. The molecule has 2 heteroatoms. The minimum absolute atomic E-state index is 0.373. The van der Waals surface area contributed by atoms with Crippen molar-refractivity contribution in [1.29, 1.82) is 0 Å². The predicted octanol–water partition coefficient (Wildman–Crippen LogP) is 12.8. The van der Waals surface area contributed by atoms with Crippen LogP contribution in [0.5, 0.6) is 0 Å². The fourth-order valence-corrected chi connectivity index (χ4v) is 8.92. The van der Waals surface area contributed by atoms with Crippen molar-refractivity contribution < 1.29 is 0 Å². The molecule has 0 aliphatic carbocycles. The Morgan fingerprint density at radius 1 is 0.609 bits per heavy atom. The normalized spacial score (nSPS) is 16.0. The molecule has 1 atom stereocenters. The molecule has 0 amide bonds. The van der Waals surface area contributed by atoms with E-state index in [1.54, 1.807) is 0 Å². The highest BCUT2D eigenvalue weighted by Crippen LogP contribution is 2.51. The highest BCUT2D eigenvalue weighted by atomic mass is 32.2. The maximum absolute atomic E-state index is 2.45. The van der Waals surface area contributed by atoms with Crippen LogP contribution < -0.4 is 0 Å². The molecule has 1 nitrogen and oxygen atoms in total. The van der Waals surface area contributed by atoms with Crippen LogP contribution in [-0.4, -0.2) is 4.57 Å². The summed E-state index contributed by atoms with van der Waals surface area (Å²) in [4.78, 5) is 2.81. The second kappa shape index (κ2) is 10.8. The van der Waals surface area contributed by atoms with Gasteiger partial charge in [0, 0.05) is 32.2 Å². The second-order valence-electron chi connectivity index (χ2n) is 12.4. The molecule has 0 saturated carbocycles. The Balaban J connectivity index is 1.28. The molecule has 1 aromatic heterocycles. The van der Waals surface area contributed by atoms with Gasteiger partial charge >= 0.3 is 0 Å². The summed E-state index contributed by atoms with van der Waals surface area (Å²) >= 11 is 1.93. The van der Waals surface area contributed by atoms with Gasteiger partial charge in [-0.2, -0.15) is 0 Å². The summed E-state index contributed by atoms with van der Waals surface area (Å²) < 4.78 is 2.45. The average Bonchev–Trinajstić information content (AvgIpc) is 3.62. The predicted molar refractivity (Wildman–Crippen MR) is 200 cm³/mol. The van der Waals surface area contributed by atoms with Crippen LogP contribution in [0.25, 0.3) is 65.4 Å². The fourth-order valence-electron chi connectivity index (χ4n) is 7.58. The molecule has 0 fully saturated rings. The van der Waals surface area contributed by atoms with Gasteiger partial charge in [-0.05, 0) is 91.8 Å². The molecule has 2 heterocycles. The van der Waals surface area contributed by atoms with Crippen LogP contribution in [0, 0.1) is 0 Å². The van der Waals surface area contributed by atoms with Crippen molar-refractivity contribution in [3.63, 3.8) is 0 Å². The van der Waals surface area contributed by atoms with Crippen molar-refractivity contribution in [2.75, 3.05) is 0 Å². The number of benzene rings is 7. The van der Waals surface area contributed by atoms with E-state index in [-0.39, 0.29) is 0 Å². The van der Waals surface area contributed by atoms with Gasteiger partial charge < -0.3 is 4.57 Å². The van der Waals surface area contributed by atoms with Crippen molar-refractivity contribution in [3.8, 4) is 5.69 Å². The number of nitrogens with zero attached hydrogens (tertiary/aromatic N) is 1. The van der Waals surface area contributed by atoms with Crippen LogP contribution in [-0.2, 0) is 0 Å². The molecule has 0 bridgehead atoms. The highest BCUT2D eigenvalue weighted by Gasteiger charge is 2.27. The Labute approximate surface area is 273 Å². The van der Waals surface area contributed by atoms with E-state index >= 15 is 0 Å². The molecule has 1 unspecified atom stereocenters. The van der Waals surface area contributed by atoms with Crippen LogP contribution in [0.2, 0.25) is 0 Å². The topological polar surface area (TPSA) is 4.93 Å². The molecule has 0 radical (unpaired) electrons. The third-order valence-corrected chi connectivity index (χ3v) is 11.1. The molecule has 1 aliphatic heterocycles. The first-order valence-corrected chi connectivity index (χ1v) is 17.1. The standard InChI is InChI=1S/C44H33NS/c1-3-4-13-32(44-28(2)31-14-10-12-21-43(31)46-44)29-22-25-42-40(26-29)38-19-9-11-20-41(38)45(42)30-23-24-37-35-17-6-5-15-33(35)34-16-7-8-18-36(34)39(37)27-30/h4-28H,3H2,1-2H3/b13-4-,44-32-. The molecule has 0 saturated heterocycles. The van der Waals surface area contributed by atoms with Gasteiger partial charge in [-0.25, -0.2) is 0 Å². The molecule has 7 aromatic carbocycles. The van der Waals surface area contributed by atoms with Crippen molar-refractivity contribution in [1.82, 2.24) is 4.57 Å². The Morgan fingerprint density at radius 2 is 1.22 bits per heavy atom. The summed E-state index contributed by atoms with van der Waals surface area (Å²) in [5.41, 5.74) is 7.68. The number of para-hydroxylation sites is 1. The first-order valence-electron chi connectivity index (χ1n) is 16.3. The SMILES string of the molecule is CC/C=C\C(=C1\Sc2ccccc2C1C)c1ccc2c(c1)c1ccccc1n2-c1ccc2c3ccccc3c3ccccc3c2c1. The van der Waals surface area contributed by atoms with Gasteiger partial charge in [0.2, 0.25) is 0 Å². The lowest BCUT2D eigenvalue weighted by Crippen LogP contribution is -1.95. The van der Waals surface area contributed by atoms with Crippen LogP contribution >= 0.6 is 11.8 Å². The summed E-state index contributed by atoms with van der Waals surface area (Å²) in [6.07, 6.45) is 5.66. The fraction of sp³-hybridized carbons (Fsp3) is 0.0909. The van der Waals surface area contributed by atoms with E-state index in [9.17, 15) is 0 Å². The lowest BCUT2D eigenvalue weighted by molar-refractivity contribution is 0.946. The van der Waals surface area contributed by atoms with Crippen molar-refractivity contribution in [3.05, 3.63) is 162 Å². The van der Waals surface area contributed by atoms with E-state index < -0.39 is 0 Å². The Bertz CT molecular complexity index is 2530. The van der Waals surface area contributed by atoms with Crippen LogP contribution in [0.3, 0.4) is 0 Å². The van der Waals surface area contributed by atoms with Gasteiger partial charge in [0.1, 0.15) is 0 Å². The van der Waals surface area contributed by atoms with Crippen molar-refractivity contribution in [2.24, 2.45) is 0 Å². The third-order valence-electron chi connectivity index (χ3n) is 9.75. The van der Waals surface area contributed by atoms with Gasteiger partial charge in [0.25, 0.3) is 0 Å². The Morgan fingerprint density at radius 3 is 1.93 bits per heavy atom. The number of rotatable bonds is 4. The van der Waals surface area contributed by atoms with Gasteiger partial charge in [0.15, 0.2) is 0 Å². The van der Waals surface area contributed by atoms with Gasteiger partial charge in [0.05, 0.1) is 11.0 Å². The number of allylic oxidation sites excluding steroid dienone is 4. The monoisotopic (exact) mass is 607 g/mol. The van der Waals surface area contributed by atoms with Gasteiger partial charge in [-0.15, -0.1) is 0 Å². The molecule has 46 heavy (non-hydrogen) atoms. The maximum atomic E-state index is 2.45. The number of thioether (sulfide) groups is 1. The molecule has 8 aromatic rings. The Hall–Kier alpha value is -5.05. The average molecular weight is 608 g/mol. The van der Waals surface area contributed by atoms with Crippen LogP contribution in [0.4, 0.5) is 0 Å². The molecular formula is C44H33NS. The molecule has 0 N–H and O–H groups in total. The Kier molecular flexibility index (Phi) is 6.40. The van der Waals surface area contributed by atoms with E-state index in [4.69, 9.17) is 0 Å². The zero-order valence-corrected chi connectivity index (χ0v) is 26.8. The number of hydrogen-bond donors (Lipinski definition) is 0. The zero-order valence-electron chi connectivity index (χ0n) is 26.0. The molecule has 1 aliphatic rings. The molecule has 9 rings (SSSR count). The molecular weight excluding hydrogens is 575 g/mol. The summed E-state index contributed by atoms with van der Waals surface area (Å²) in [6.45, 7) is 4.57. The third kappa shape index (κ3) is 4.10. The summed E-state index contributed by atoms with van der Waals surface area (Å²) in [6, 6.07) is 49.5. The van der Waals surface area contributed by atoms with E-state index in [0.29, 0.717) is 5.92 Å². The van der Waals surface area contributed by atoms with Crippen molar-refractivity contribution >= 4 is 71.5 Å². The smallest absolute Gasteiger partial charge is 0.0541 e. The minimum Gasteiger partial charge on any atom is -0.309 e. The highest BCUT2D eigenvalue weighted by molar-refractivity contribution is 8.03. The number of fused-ring (bicyclic) bond motifs is 10. The summed E-state index contributed by atoms with van der Waals surface area (Å²) in [7, 11) is 0. The molecule has 220 valence electrons. The second-order valence-corrected chi connectivity index (χ2v) is 13.4. The van der Waals surface area contributed by atoms with Gasteiger partial charge in [-0.1, -0.05) is 135 Å². The number of hydrogen-bond acceptors (Lipinski definition) is 1. The van der Waals surface area contributed by atoms with E-state index in [2.05, 4.69) is 164 Å². The lowest BCUT2D eigenvalue weighted by atomic mass is 9.94. The first-order chi connectivity index (χ1) is 22.7. The summed E-state index contributed by atoms with van der Waals surface area (Å²) in [5, 5.41) is 10.4. The van der Waals surface area contributed by atoms with E-state index in [0.717, 1.165) is 6.42 Å². The lowest BCUT2D eigenvalue weighted by Gasteiger charge is -2.14. The summed E-state index contributed by atoms with van der Waals surface area (Å²) in [5.74, 6) is 0.373. The maximum Gasteiger partial charge on any atom is 0.0541 e. The van der Waals surface area contributed by atoms with Crippen LogP contribution in [0.15, 0.2) is 155 Å². The van der Waals surface area contributed by atoms with E-state index in [1.807, 2.05) is 11.8 Å². The number of aromatic nitrogens is 1. The minimum atomic E-state index is 0.373. The quantitative estimate of drug-likeness (QED) is 0.180. The van der Waals surface area contributed by atoms with Gasteiger partial charge in [-0.3, -0.25) is 0 Å². The van der Waals surface area contributed by atoms with Crippen molar-refractivity contribution in [2.45, 2.75) is 31.1 Å². The van der Waals surface area contributed by atoms with E-state index in [1.165, 1.54) is 86.3 Å².